The van der Waals surface area contributed by atoms with Crippen molar-refractivity contribution >= 4 is 5.91 Å². The van der Waals surface area contributed by atoms with Gasteiger partial charge in [-0.15, -0.1) is 0 Å². The van der Waals surface area contributed by atoms with Crippen LogP contribution in [0.3, 0.4) is 0 Å². The summed E-state index contributed by atoms with van der Waals surface area (Å²) in [5, 5.41) is 0. The molecule has 5 nitrogen and oxygen atoms in total. The van der Waals surface area contributed by atoms with Crippen molar-refractivity contribution in [3.63, 3.8) is 0 Å². The van der Waals surface area contributed by atoms with Gasteiger partial charge in [-0.05, 0) is 58.8 Å². The normalized spacial score (nSPS) is 20.7. The van der Waals surface area contributed by atoms with E-state index in [1.165, 1.54) is 0 Å². The first-order valence-electron chi connectivity index (χ1n) is 8.49. The van der Waals surface area contributed by atoms with Crippen molar-refractivity contribution in [2.45, 2.75) is 58.2 Å². The number of carbonyl (C=O) groups is 1. The zero-order chi connectivity index (χ0) is 16.9. The largest absolute Gasteiger partial charge is 0.467 e. The molecule has 1 fully saturated rings. The first-order chi connectivity index (χ1) is 10.9. The molecule has 0 aromatic carbocycles. The molecule has 1 saturated heterocycles. The number of ether oxygens (including phenoxy) is 1. The Bertz CT molecular complexity index is 484. The van der Waals surface area contributed by atoms with E-state index in [0.29, 0.717) is 12.6 Å². The molecule has 1 amide bonds. The van der Waals surface area contributed by atoms with E-state index < -0.39 is 0 Å². The van der Waals surface area contributed by atoms with Crippen molar-refractivity contribution in [3.8, 4) is 0 Å². The van der Waals surface area contributed by atoms with Gasteiger partial charge in [-0.1, -0.05) is 0 Å². The minimum Gasteiger partial charge on any atom is -0.467 e. The highest BCUT2D eigenvalue weighted by Crippen LogP contribution is 2.26. The highest BCUT2D eigenvalue weighted by molar-refractivity contribution is 5.73. The molecular weight excluding hydrogens is 292 g/mol. The van der Waals surface area contributed by atoms with Crippen LogP contribution in [0, 0.1) is 0 Å². The van der Waals surface area contributed by atoms with E-state index in [1.807, 2.05) is 17.0 Å². The Kier molecular flexibility index (Phi) is 6.25. The topological polar surface area (TPSA) is 45.9 Å². The van der Waals surface area contributed by atoms with Crippen LogP contribution in [0.2, 0.25) is 0 Å². The summed E-state index contributed by atoms with van der Waals surface area (Å²) in [5.74, 6) is 0.927. The molecule has 1 unspecified atom stereocenters. The molecule has 1 atom stereocenters. The van der Waals surface area contributed by atoms with Gasteiger partial charge in [0, 0.05) is 26.1 Å². The molecule has 2 heterocycles. The summed E-state index contributed by atoms with van der Waals surface area (Å²) in [7, 11) is 2.18. The Hall–Kier alpha value is -1.33. The van der Waals surface area contributed by atoms with Gasteiger partial charge in [-0.25, -0.2) is 0 Å². The molecule has 2 rings (SSSR count). The molecular formula is C18H30N2O3. The molecule has 0 bridgehead atoms. The number of carbonyl (C=O) groups excluding carboxylic acids is 1. The zero-order valence-corrected chi connectivity index (χ0v) is 14.9. The van der Waals surface area contributed by atoms with Gasteiger partial charge in [0.2, 0.25) is 5.91 Å². The van der Waals surface area contributed by atoms with E-state index >= 15 is 0 Å². The SMILES string of the molecule is CC(=O)N(CCCN(C)C1CCOC(C)(C)C1)Cc1ccco1. The molecule has 1 aliphatic rings. The Labute approximate surface area is 139 Å². The summed E-state index contributed by atoms with van der Waals surface area (Å²) in [6.45, 7) is 9.07. The number of rotatable bonds is 7. The van der Waals surface area contributed by atoms with Crippen molar-refractivity contribution in [1.82, 2.24) is 9.80 Å². The molecule has 0 saturated carbocycles. The minimum absolute atomic E-state index is 0.0259. The van der Waals surface area contributed by atoms with Crippen molar-refractivity contribution < 1.29 is 13.9 Å². The van der Waals surface area contributed by atoms with Gasteiger partial charge in [-0.2, -0.15) is 0 Å². The van der Waals surface area contributed by atoms with Crippen molar-refractivity contribution in [2.75, 3.05) is 26.7 Å². The summed E-state index contributed by atoms with van der Waals surface area (Å²) in [5.41, 5.74) is -0.0259. The zero-order valence-electron chi connectivity index (χ0n) is 14.9. The predicted molar refractivity (Wildman–Crippen MR) is 90.1 cm³/mol. The third-order valence-corrected chi connectivity index (χ3v) is 4.61. The van der Waals surface area contributed by atoms with Crippen LogP contribution in [0.4, 0.5) is 0 Å². The summed E-state index contributed by atoms with van der Waals surface area (Å²) in [6.07, 6.45) is 4.76. The maximum atomic E-state index is 11.8. The third kappa shape index (κ3) is 5.66. The lowest BCUT2D eigenvalue weighted by Crippen LogP contribution is -2.45. The lowest BCUT2D eigenvalue weighted by molar-refractivity contribution is -0.129. The Morgan fingerprint density at radius 1 is 1.39 bits per heavy atom. The molecule has 0 N–H and O–H groups in total. The summed E-state index contributed by atoms with van der Waals surface area (Å²) >= 11 is 0. The van der Waals surface area contributed by atoms with E-state index in [2.05, 4.69) is 25.8 Å². The molecule has 0 spiro atoms. The molecule has 1 aromatic heterocycles. The summed E-state index contributed by atoms with van der Waals surface area (Å²) in [6, 6.07) is 4.33. The van der Waals surface area contributed by atoms with Crippen LogP contribution >= 0.6 is 0 Å². The molecule has 0 radical (unpaired) electrons. The van der Waals surface area contributed by atoms with Crippen LogP contribution in [0.15, 0.2) is 22.8 Å². The maximum absolute atomic E-state index is 11.8. The van der Waals surface area contributed by atoms with E-state index in [9.17, 15) is 4.79 Å². The van der Waals surface area contributed by atoms with Crippen LogP contribution in [0.25, 0.3) is 0 Å². The highest BCUT2D eigenvalue weighted by atomic mass is 16.5. The minimum atomic E-state index is -0.0259. The van der Waals surface area contributed by atoms with Crippen LogP contribution < -0.4 is 0 Å². The average Bonchev–Trinajstić information content (AvgIpc) is 2.97. The van der Waals surface area contributed by atoms with Gasteiger partial charge >= 0.3 is 0 Å². The standard InChI is InChI=1S/C18H30N2O3/c1-15(21)20(14-17-7-5-11-22-17)10-6-9-19(4)16-8-12-23-18(2,3)13-16/h5,7,11,16H,6,8-10,12-14H2,1-4H3. The van der Waals surface area contributed by atoms with Crippen molar-refractivity contribution in [1.29, 1.82) is 0 Å². The smallest absolute Gasteiger partial charge is 0.219 e. The number of furan rings is 1. The molecule has 1 aromatic rings. The Balaban J connectivity index is 1.76. The third-order valence-electron chi connectivity index (χ3n) is 4.61. The summed E-state index contributed by atoms with van der Waals surface area (Å²) < 4.78 is 11.1. The maximum Gasteiger partial charge on any atom is 0.219 e. The number of nitrogens with zero attached hydrogens (tertiary/aromatic N) is 2. The van der Waals surface area contributed by atoms with Crippen LogP contribution in [-0.2, 0) is 16.1 Å². The molecule has 130 valence electrons. The number of hydrogen-bond donors (Lipinski definition) is 0. The lowest BCUT2D eigenvalue weighted by atomic mass is 9.93. The lowest BCUT2D eigenvalue weighted by Gasteiger charge is -2.40. The average molecular weight is 322 g/mol. The van der Waals surface area contributed by atoms with Crippen LogP contribution in [0.1, 0.15) is 45.8 Å². The van der Waals surface area contributed by atoms with Crippen molar-refractivity contribution in [3.05, 3.63) is 24.2 Å². The Morgan fingerprint density at radius 2 is 2.17 bits per heavy atom. The van der Waals surface area contributed by atoms with Crippen molar-refractivity contribution in [2.24, 2.45) is 0 Å². The fourth-order valence-corrected chi connectivity index (χ4v) is 3.21. The van der Waals surface area contributed by atoms with Gasteiger partial charge in [0.1, 0.15) is 5.76 Å². The fourth-order valence-electron chi connectivity index (χ4n) is 3.21. The predicted octanol–water partition coefficient (Wildman–Crippen LogP) is 2.91. The first kappa shape index (κ1) is 18.0. The second kappa shape index (κ2) is 7.97. The van der Waals surface area contributed by atoms with Crippen LogP contribution in [0.5, 0.6) is 0 Å². The van der Waals surface area contributed by atoms with E-state index in [4.69, 9.17) is 9.15 Å². The van der Waals surface area contributed by atoms with E-state index in [0.717, 1.165) is 44.7 Å². The fraction of sp³-hybridized carbons (Fsp3) is 0.722. The number of amides is 1. The molecule has 5 heteroatoms. The second-order valence-corrected chi connectivity index (χ2v) is 7.11. The van der Waals surface area contributed by atoms with Gasteiger partial charge in [0.25, 0.3) is 0 Å². The summed E-state index contributed by atoms with van der Waals surface area (Å²) in [4.78, 5) is 16.0. The first-order valence-corrected chi connectivity index (χ1v) is 8.49. The van der Waals surface area contributed by atoms with Gasteiger partial charge in [0.05, 0.1) is 18.4 Å². The second-order valence-electron chi connectivity index (χ2n) is 7.11. The monoisotopic (exact) mass is 322 g/mol. The molecule has 23 heavy (non-hydrogen) atoms. The number of hydrogen-bond acceptors (Lipinski definition) is 4. The quantitative estimate of drug-likeness (QED) is 0.774. The highest BCUT2D eigenvalue weighted by Gasteiger charge is 2.30. The molecule has 0 aliphatic carbocycles. The van der Waals surface area contributed by atoms with E-state index in [1.54, 1.807) is 13.2 Å². The van der Waals surface area contributed by atoms with E-state index in [-0.39, 0.29) is 11.5 Å². The molecule has 1 aliphatic heterocycles. The van der Waals surface area contributed by atoms with Crippen LogP contribution in [-0.4, -0.2) is 54.1 Å². The van der Waals surface area contributed by atoms with Gasteiger partial charge in [0.15, 0.2) is 0 Å². The van der Waals surface area contributed by atoms with Gasteiger partial charge < -0.3 is 19.0 Å². The Morgan fingerprint density at radius 3 is 2.78 bits per heavy atom. The van der Waals surface area contributed by atoms with Gasteiger partial charge in [-0.3, -0.25) is 4.79 Å².